The van der Waals surface area contributed by atoms with E-state index < -0.39 is 0 Å². The minimum atomic E-state index is -0.299. The first-order chi connectivity index (χ1) is 9.22. The van der Waals surface area contributed by atoms with E-state index >= 15 is 0 Å². The van der Waals surface area contributed by atoms with Gasteiger partial charge in [0.15, 0.2) is 0 Å². The summed E-state index contributed by atoms with van der Waals surface area (Å²) in [5.41, 5.74) is 1.12. The lowest BCUT2D eigenvalue weighted by Gasteiger charge is -2.26. The Bertz CT molecular complexity index is 410. The van der Waals surface area contributed by atoms with Crippen LogP contribution in [0.5, 0.6) is 0 Å². The Balaban J connectivity index is 2.04. The number of hydrogen-bond acceptors (Lipinski definition) is 2. The van der Waals surface area contributed by atoms with Gasteiger partial charge in [-0.1, -0.05) is 37.3 Å². The van der Waals surface area contributed by atoms with Gasteiger partial charge in [-0.25, -0.2) is 0 Å². The second-order valence-corrected chi connectivity index (χ2v) is 5.37. The summed E-state index contributed by atoms with van der Waals surface area (Å²) in [6.45, 7) is 3.90. The Labute approximate surface area is 119 Å². The largest absolute Gasteiger partial charge is 0.368 e. The lowest BCUT2D eigenvalue weighted by molar-refractivity contribution is -0.142. The van der Waals surface area contributed by atoms with E-state index in [1.54, 1.807) is 4.90 Å². The molecule has 4 heteroatoms. The summed E-state index contributed by atoms with van der Waals surface area (Å²) in [5.74, 6) is 0.801. The van der Waals surface area contributed by atoms with E-state index in [9.17, 15) is 4.79 Å². The van der Waals surface area contributed by atoms with Crippen molar-refractivity contribution in [2.24, 2.45) is 5.92 Å². The molecule has 0 saturated carbocycles. The molecule has 2 rings (SSSR count). The highest BCUT2D eigenvalue weighted by Crippen LogP contribution is 2.22. The molecule has 1 fully saturated rings. The monoisotopic (exact) mass is 281 g/mol. The zero-order valence-corrected chi connectivity index (χ0v) is 12.0. The molecule has 0 spiro atoms. The van der Waals surface area contributed by atoms with Gasteiger partial charge in [0.25, 0.3) is 5.91 Å². The van der Waals surface area contributed by atoms with Crippen molar-refractivity contribution in [3.63, 3.8) is 0 Å². The fourth-order valence-corrected chi connectivity index (χ4v) is 2.57. The van der Waals surface area contributed by atoms with Gasteiger partial charge in [0.05, 0.1) is 0 Å². The molecule has 1 aromatic rings. The third-order valence-electron chi connectivity index (χ3n) is 3.51. The van der Waals surface area contributed by atoms with Crippen LogP contribution >= 0.6 is 11.6 Å². The highest BCUT2D eigenvalue weighted by atomic mass is 35.5. The van der Waals surface area contributed by atoms with E-state index in [0.717, 1.165) is 12.0 Å². The van der Waals surface area contributed by atoms with Crippen molar-refractivity contribution in [1.29, 1.82) is 0 Å². The number of carbonyl (C=O) groups excluding carboxylic acids is 1. The molecular formula is C15H20ClNO2. The highest BCUT2D eigenvalue weighted by molar-refractivity contribution is 6.18. The van der Waals surface area contributed by atoms with Crippen LogP contribution in [0.25, 0.3) is 0 Å². The average molecular weight is 282 g/mol. The van der Waals surface area contributed by atoms with Crippen molar-refractivity contribution in [1.82, 2.24) is 4.90 Å². The Hall–Kier alpha value is -1.06. The lowest BCUT2D eigenvalue weighted by Crippen LogP contribution is -2.41. The van der Waals surface area contributed by atoms with Crippen LogP contribution in [0.4, 0.5) is 0 Å². The van der Waals surface area contributed by atoms with Crippen LogP contribution in [-0.4, -0.2) is 35.9 Å². The van der Waals surface area contributed by atoms with Crippen LogP contribution in [0, 0.1) is 5.92 Å². The van der Waals surface area contributed by atoms with Crippen molar-refractivity contribution >= 4 is 17.5 Å². The molecule has 1 aliphatic heterocycles. The Morgan fingerprint density at radius 1 is 1.42 bits per heavy atom. The third kappa shape index (κ3) is 3.71. The summed E-state index contributed by atoms with van der Waals surface area (Å²) in [6, 6.07) is 9.97. The molecule has 0 N–H and O–H groups in total. The van der Waals surface area contributed by atoms with E-state index in [2.05, 4.69) is 6.92 Å². The van der Waals surface area contributed by atoms with Gasteiger partial charge in [-0.15, -0.1) is 11.6 Å². The Kier molecular flexibility index (Phi) is 5.23. The molecule has 104 valence electrons. The number of nitrogens with zero attached hydrogens (tertiary/aromatic N) is 1. The van der Waals surface area contributed by atoms with Crippen LogP contribution in [0.3, 0.4) is 0 Å². The van der Waals surface area contributed by atoms with Crippen LogP contribution in [0.15, 0.2) is 30.3 Å². The van der Waals surface area contributed by atoms with E-state index in [0.29, 0.717) is 31.5 Å². The molecule has 3 nitrogen and oxygen atoms in total. The van der Waals surface area contributed by atoms with Gasteiger partial charge in [-0.2, -0.15) is 0 Å². The normalized spacial score (nSPS) is 22.4. The maximum atomic E-state index is 12.5. The molecule has 1 heterocycles. The van der Waals surface area contributed by atoms with Gasteiger partial charge in [-0.3, -0.25) is 4.79 Å². The van der Waals surface area contributed by atoms with Gasteiger partial charge in [0.2, 0.25) is 0 Å². The molecule has 2 atom stereocenters. The molecule has 0 aromatic heterocycles. The molecule has 0 aliphatic carbocycles. The van der Waals surface area contributed by atoms with Crippen LogP contribution in [0.1, 0.15) is 18.9 Å². The summed E-state index contributed by atoms with van der Waals surface area (Å²) in [6.07, 6.45) is 0.656. The topological polar surface area (TPSA) is 29.5 Å². The van der Waals surface area contributed by atoms with Gasteiger partial charge in [0.1, 0.15) is 6.10 Å². The van der Waals surface area contributed by atoms with E-state index in [-0.39, 0.29) is 12.0 Å². The second-order valence-electron chi connectivity index (χ2n) is 4.99. The predicted molar refractivity (Wildman–Crippen MR) is 76.1 cm³/mol. The van der Waals surface area contributed by atoms with E-state index in [4.69, 9.17) is 16.3 Å². The van der Waals surface area contributed by atoms with Crippen LogP contribution < -0.4 is 0 Å². The first-order valence-corrected chi connectivity index (χ1v) is 7.26. The number of benzene rings is 1. The molecule has 1 aromatic carbocycles. The lowest BCUT2D eigenvalue weighted by atomic mass is 10.0. The number of amides is 1. The first kappa shape index (κ1) is 14.4. The minimum absolute atomic E-state index is 0.0644. The fraction of sp³-hybridized carbons (Fsp3) is 0.533. The summed E-state index contributed by atoms with van der Waals surface area (Å²) in [5, 5.41) is 0. The zero-order valence-electron chi connectivity index (χ0n) is 11.2. The molecule has 19 heavy (non-hydrogen) atoms. The Morgan fingerprint density at radius 3 is 2.74 bits per heavy atom. The summed E-state index contributed by atoms with van der Waals surface area (Å²) in [4.78, 5) is 14.3. The molecule has 1 amide bonds. The van der Waals surface area contributed by atoms with Crippen LogP contribution in [-0.2, 0) is 16.1 Å². The molecule has 0 radical (unpaired) electrons. The number of rotatable bonds is 5. The van der Waals surface area contributed by atoms with Gasteiger partial charge in [0, 0.05) is 25.6 Å². The zero-order chi connectivity index (χ0) is 13.7. The maximum absolute atomic E-state index is 12.5. The molecule has 1 aliphatic rings. The van der Waals surface area contributed by atoms with Gasteiger partial charge >= 0.3 is 0 Å². The van der Waals surface area contributed by atoms with Crippen molar-refractivity contribution < 1.29 is 9.53 Å². The summed E-state index contributed by atoms with van der Waals surface area (Å²) in [7, 11) is 0. The molecular weight excluding hydrogens is 262 g/mol. The third-order valence-corrected chi connectivity index (χ3v) is 3.68. The van der Waals surface area contributed by atoms with Gasteiger partial charge in [-0.05, 0) is 17.9 Å². The van der Waals surface area contributed by atoms with Crippen molar-refractivity contribution in [3.8, 4) is 0 Å². The predicted octanol–water partition coefficient (Wildman–Crippen LogP) is 2.68. The number of ether oxygens (including phenoxy) is 1. The number of carbonyl (C=O) groups is 1. The second kappa shape index (κ2) is 6.92. The van der Waals surface area contributed by atoms with Crippen molar-refractivity contribution in [3.05, 3.63) is 35.9 Å². The molecule has 0 bridgehead atoms. The van der Waals surface area contributed by atoms with Crippen molar-refractivity contribution in [2.75, 3.05) is 19.0 Å². The quantitative estimate of drug-likeness (QED) is 0.777. The smallest absolute Gasteiger partial charge is 0.252 e. The minimum Gasteiger partial charge on any atom is -0.368 e. The Morgan fingerprint density at radius 2 is 2.16 bits per heavy atom. The molecule has 1 saturated heterocycles. The number of halogens is 1. The first-order valence-electron chi connectivity index (χ1n) is 6.72. The van der Waals surface area contributed by atoms with E-state index in [1.807, 2.05) is 30.3 Å². The van der Waals surface area contributed by atoms with Gasteiger partial charge < -0.3 is 9.64 Å². The summed E-state index contributed by atoms with van der Waals surface area (Å²) >= 11 is 5.81. The molecule has 2 unspecified atom stereocenters. The fourth-order valence-electron chi connectivity index (χ4n) is 2.36. The standard InChI is InChI=1S/C15H20ClNO2/c1-12-7-10-19-14(12)15(18)17(9-8-16)11-13-5-3-2-4-6-13/h2-6,12,14H,7-11H2,1H3. The van der Waals surface area contributed by atoms with Crippen LogP contribution in [0.2, 0.25) is 0 Å². The average Bonchev–Trinajstić information content (AvgIpc) is 2.85. The number of hydrogen-bond donors (Lipinski definition) is 0. The highest BCUT2D eigenvalue weighted by Gasteiger charge is 2.33. The number of alkyl halides is 1. The SMILES string of the molecule is CC1CCOC1C(=O)N(CCCl)Cc1ccccc1. The maximum Gasteiger partial charge on any atom is 0.252 e. The summed E-state index contributed by atoms with van der Waals surface area (Å²) < 4.78 is 5.56. The van der Waals surface area contributed by atoms with E-state index in [1.165, 1.54) is 0 Å². The van der Waals surface area contributed by atoms with Crippen molar-refractivity contribution in [2.45, 2.75) is 26.0 Å².